The summed E-state index contributed by atoms with van der Waals surface area (Å²) in [5.74, 6) is 3.33. The molecule has 3 heteroatoms. The summed E-state index contributed by atoms with van der Waals surface area (Å²) < 4.78 is 8.16. The van der Waals surface area contributed by atoms with E-state index in [2.05, 4.69) is 49.7 Å². The third-order valence-electron chi connectivity index (χ3n) is 2.82. The Morgan fingerprint density at radius 2 is 2.11 bits per heavy atom. The Morgan fingerprint density at radius 3 is 2.83 bits per heavy atom. The molecular formula is C15H21NOS. The van der Waals surface area contributed by atoms with Gasteiger partial charge in [0.1, 0.15) is 5.75 Å². The van der Waals surface area contributed by atoms with Crippen LogP contribution in [0.4, 0.5) is 0 Å². The first-order chi connectivity index (χ1) is 8.72. The van der Waals surface area contributed by atoms with Gasteiger partial charge in [-0.3, -0.25) is 0 Å². The van der Waals surface area contributed by atoms with E-state index in [1.54, 1.807) is 0 Å². The predicted molar refractivity (Wildman–Crippen MR) is 80.7 cm³/mol. The molecule has 0 saturated carbocycles. The molecule has 0 N–H and O–H groups in total. The highest BCUT2D eigenvalue weighted by molar-refractivity contribution is 7.99. The third kappa shape index (κ3) is 3.02. The molecule has 0 radical (unpaired) electrons. The van der Waals surface area contributed by atoms with Crippen molar-refractivity contribution in [1.29, 1.82) is 0 Å². The zero-order valence-electron chi connectivity index (χ0n) is 11.3. The van der Waals surface area contributed by atoms with Crippen LogP contribution in [0.5, 0.6) is 5.75 Å². The summed E-state index contributed by atoms with van der Waals surface area (Å²) in [5, 5.41) is 1.22. The van der Waals surface area contributed by atoms with Gasteiger partial charge in [0, 0.05) is 23.9 Å². The number of ether oxygens (including phenoxy) is 1. The van der Waals surface area contributed by atoms with E-state index in [0.717, 1.165) is 18.0 Å². The van der Waals surface area contributed by atoms with Crippen LogP contribution in [0.1, 0.15) is 20.8 Å². The van der Waals surface area contributed by atoms with Crippen LogP contribution >= 0.6 is 11.8 Å². The molecule has 0 atom stereocenters. The molecule has 0 aliphatic carbocycles. The van der Waals surface area contributed by atoms with Crippen molar-refractivity contribution in [2.24, 2.45) is 0 Å². The first-order valence-corrected chi connectivity index (χ1v) is 7.70. The van der Waals surface area contributed by atoms with Crippen molar-refractivity contribution in [3.8, 4) is 5.75 Å². The smallest absolute Gasteiger partial charge is 0.129 e. The van der Waals surface area contributed by atoms with E-state index in [9.17, 15) is 0 Å². The van der Waals surface area contributed by atoms with Crippen LogP contribution in [-0.2, 0) is 6.54 Å². The largest absolute Gasteiger partial charge is 0.490 e. The molecule has 1 aromatic carbocycles. The molecule has 1 aromatic heterocycles. The van der Waals surface area contributed by atoms with Crippen LogP contribution in [0.2, 0.25) is 0 Å². The minimum Gasteiger partial charge on any atom is -0.490 e. The van der Waals surface area contributed by atoms with E-state index >= 15 is 0 Å². The van der Waals surface area contributed by atoms with E-state index in [4.69, 9.17) is 4.74 Å². The van der Waals surface area contributed by atoms with Crippen molar-refractivity contribution in [2.45, 2.75) is 33.4 Å². The number of aryl methyl sites for hydroxylation is 1. The zero-order valence-corrected chi connectivity index (χ0v) is 12.2. The minimum absolute atomic E-state index is 0.217. The van der Waals surface area contributed by atoms with Crippen LogP contribution in [0, 0.1) is 0 Å². The van der Waals surface area contributed by atoms with Crippen molar-refractivity contribution < 1.29 is 4.74 Å². The molecular weight excluding hydrogens is 242 g/mol. The van der Waals surface area contributed by atoms with Crippen LogP contribution in [0.25, 0.3) is 10.9 Å². The number of fused-ring (bicyclic) bond motifs is 1. The summed E-state index contributed by atoms with van der Waals surface area (Å²) in [7, 11) is 0. The predicted octanol–water partition coefficient (Wildman–Crippen LogP) is 4.18. The maximum Gasteiger partial charge on any atom is 0.129 e. The first kappa shape index (κ1) is 13.3. The summed E-state index contributed by atoms with van der Waals surface area (Å²) in [4.78, 5) is 0. The fraction of sp³-hybridized carbons (Fsp3) is 0.467. The average molecular weight is 263 g/mol. The molecule has 18 heavy (non-hydrogen) atoms. The lowest BCUT2D eigenvalue weighted by Crippen LogP contribution is -2.05. The van der Waals surface area contributed by atoms with Crippen molar-refractivity contribution in [2.75, 3.05) is 11.5 Å². The number of thioether (sulfide) groups is 1. The Bertz CT molecular complexity index is 504. The van der Waals surface area contributed by atoms with Gasteiger partial charge in [0.2, 0.25) is 0 Å². The molecule has 0 aliphatic rings. The Hall–Kier alpha value is -1.09. The van der Waals surface area contributed by atoms with Gasteiger partial charge < -0.3 is 9.30 Å². The van der Waals surface area contributed by atoms with E-state index in [0.29, 0.717) is 0 Å². The highest BCUT2D eigenvalue weighted by atomic mass is 32.2. The van der Waals surface area contributed by atoms with Gasteiger partial charge in [0.05, 0.1) is 11.6 Å². The molecule has 0 aliphatic heterocycles. The monoisotopic (exact) mass is 263 g/mol. The van der Waals surface area contributed by atoms with Gasteiger partial charge in [0.15, 0.2) is 0 Å². The van der Waals surface area contributed by atoms with Crippen LogP contribution in [-0.4, -0.2) is 22.2 Å². The fourth-order valence-electron chi connectivity index (χ4n) is 2.05. The van der Waals surface area contributed by atoms with Crippen molar-refractivity contribution >= 4 is 22.7 Å². The minimum atomic E-state index is 0.217. The topological polar surface area (TPSA) is 14.2 Å². The van der Waals surface area contributed by atoms with Crippen molar-refractivity contribution in [1.82, 2.24) is 4.57 Å². The van der Waals surface area contributed by atoms with E-state index < -0.39 is 0 Å². The second-order valence-electron chi connectivity index (χ2n) is 4.56. The van der Waals surface area contributed by atoms with E-state index in [1.165, 1.54) is 16.7 Å². The quantitative estimate of drug-likeness (QED) is 0.726. The van der Waals surface area contributed by atoms with Gasteiger partial charge in [-0.2, -0.15) is 11.8 Å². The lowest BCUT2D eigenvalue weighted by Gasteiger charge is -2.11. The van der Waals surface area contributed by atoms with Gasteiger partial charge >= 0.3 is 0 Å². The van der Waals surface area contributed by atoms with E-state index in [-0.39, 0.29) is 6.10 Å². The number of nitrogens with zero attached hydrogens (tertiary/aromatic N) is 1. The molecule has 0 bridgehead atoms. The summed E-state index contributed by atoms with van der Waals surface area (Å²) in [6, 6.07) is 8.44. The Balaban J connectivity index is 2.24. The normalized spacial score (nSPS) is 11.3. The number of aromatic nitrogens is 1. The Morgan fingerprint density at radius 1 is 1.28 bits per heavy atom. The van der Waals surface area contributed by atoms with Crippen molar-refractivity contribution in [3.63, 3.8) is 0 Å². The highest BCUT2D eigenvalue weighted by Crippen LogP contribution is 2.27. The molecule has 2 nitrogen and oxygen atoms in total. The summed E-state index contributed by atoms with van der Waals surface area (Å²) in [6.07, 6.45) is 2.38. The maximum atomic E-state index is 5.85. The van der Waals surface area contributed by atoms with Gasteiger partial charge in [0.25, 0.3) is 0 Å². The standard InChI is InChI=1S/C15H21NOS/c1-4-18-11-10-16-9-8-13-14(16)6-5-7-15(13)17-12(2)3/h5-9,12H,4,10-11H2,1-3H3. The number of hydrogen-bond acceptors (Lipinski definition) is 2. The lowest BCUT2D eigenvalue weighted by atomic mass is 10.2. The molecule has 1 heterocycles. The SMILES string of the molecule is CCSCCn1ccc2c(OC(C)C)cccc21. The summed E-state index contributed by atoms with van der Waals surface area (Å²) >= 11 is 1.98. The first-order valence-electron chi connectivity index (χ1n) is 6.54. The van der Waals surface area contributed by atoms with Gasteiger partial charge in [-0.05, 0) is 37.8 Å². The molecule has 2 rings (SSSR count). The lowest BCUT2D eigenvalue weighted by molar-refractivity contribution is 0.245. The van der Waals surface area contributed by atoms with Crippen LogP contribution in [0.3, 0.4) is 0 Å². The van der Waals surface area contributed by atoms with Crippen LogP contribution in [0.15, 0.2) is 30.5 Å². The van der Waals surface area contributed by atoms with Crippen LogP contribution < -0.4 is 4.74 Å². The molecule has 0 saturated heterocycles. The molecule has 0 amide bonds. The Labute approximate surface area is 113 Å². The highest BCUT2D eigenvalue weighted by Gasteiger charge is 2.07. The number of hydrogen-bond donors (Lipinski definition) is 0. The van der Waals surface area contributed by atoms with Gasteiger partial charge in [-0.25, -0.2) is 0 Å². The third-order valence-corrected chi connectivity index (χ3v) is 3.70. The molecule has 0 unspecified atom stereocenters. The molecule has 2 aromatic rings. The maximum absolute atomic E-state index is 5.85. The molecule has 98 valence electrons. The Kier molecular flexibility index (Phi) is 4.59. The fourth-order valence-corrected chi connectivity index (χ4v) is 2.67. The molecule has 0 fully saturated rings. The van der Waals surface area contributed by atoms with Crippen molar-refractivity contribution in [3.05, 3.63) is 30.5 Å². The second-order valence-corrected chi connectivity index (χ2v) is 5.96. The number of rotatable bonds is 6. The number of benzene rings is 1. The van der Waals surface area contributed by atoms with Gasteiger partial charge in [-0.1, -0.05) is 13.0 Å². The second kappa shape index (κ2) is 6.19. The molecule has 0 spiro atoms. The van der Waals surface area contributed by atoms with Gasteiger partial charge in [-0.15, -0.1) is 0 Å². The summed E-state index contributed by atoms with van der Waals surface area (Å²) in [5.41, 5.74) is 1.27. The van der Waals surface area contributed by atoms with E-state index in [1.807, 2.05) is 17.8 Å². The summed E-state index contributed by atoms with van der Waals surface area (Å²) in [6.45, 7) is 7.39. The average Bonchev–Trinajstić information content (AvgIpc) is 2.74. The zero-order chi connectivity index (χ0) is 13.0.